The van der Waals surface area contributed by atoms with Crippen LogP contribution < -0.4 is 15.5 Å². The average Bonchev–Trinajstić information content (AvgIpc) is 2.72. The molecule has 0 saturated carbocycles. The van der Waals surface area contributed by atoms with Crippen molar-refractivity contribution in [2.45, 2.75) is 25.4 Å². The van der Waals surface area contributed by atoms with Gasteiger partial charge in [0.2, 0.25) is 0 Å². The van der Waals surface area contributed by atoms with Crippen molar-refractivity contribution in [1.82, 2.24) is 10.6 Å². The molecular weight excluding hydrogens is 487 g/mol. The van der Waals surface area contributed by atoms with E-state index in [0.717, 1.165) is 31.6 Å². The Labute approximate surface area is 186 Å². The van der Waals surface area contributed by atoms with Crippen molar-refractivity contribution in [3.63, 3.8) is 0 Å². The smallest absolute Gasteiger partial charge is 0.191 e. The lowest BCUT2D eigenvalue weighted by molar-refractivity contribution is 0.467. The number of guanidine groups is 1. The van der Waals surface area contributed by atoms with Gasteiger partial charge in [0.05, 0.1) is 11.6 Å². The minimum atomic E-state index is -0.364. The number of rotatable bonds is 4. The van der Waals surface area contributed by atoms with Gasteiger partial charge in [-0.25, -0.2) is 8.78 Å². The van der Waals surface area contributed by atoms with E-state index in [-0.39, 0.29) is 48.2 Å². The summed E-state index contributed by atoms with van der Waals surface area (Å²) in [5.41, 5.74) is 1.69. The van der Waals surface area contributed by atoms with Gasteiger partial charge in [-0.1, -0.05) is 6.07 Å². The van der Waals surface area contributed by atoms with Crippen LogP contribution >= 0.6 is 24.0 Å². The van der Waals surface area contributed by atoms with Crippen LogP contribution in [0, 0.1) is 23.0 Å². The summed E-state index contributed by atoms with van der Waals surface area (Å²) >= 11 is 0. The third-order valence-electron chi connectivity index (χ3n) is 4.78. The standard InChI is InChI=1S/C21H23F2N5.HI/c1-25-21(26-13-16-10-15(12-24)7-8-20(16)23)27-18-5-3-9-28(14-18)19-6-2-4-17(22)11-19;/h2,4,6-8,10-11,18H,3,5,9,13-14H2,1H3,(H2,25,26,27);1H. The van der Waals surface area contributed by atoms with Gasteiger partial charge in [-0.2, -0.15) is 5.26 Å². The molecule has 1 saturated heterocycles. The molecule has 0 bridgehead atoms. The van der Waals surface area contributed by atoms with Crippen molar-refractivity contribution in [3.8, 4) is 6.07 Å². The Morgan fingerprint density at radius 3 is 2.83 bits per heavy atom. The van der Waals surface area contributed by atoms with E-state index in [2.05, 4.69) is 20.5 Å². The van der Waals surface area contributed by atoms with E-state index in [1.807, 2.05) is 12.1 Å². The van der Waals surface area contributed by atoms with E-state index < -0.39 is 0 Å². The minimum Gasteiger partial charge on any atom is -0.369 e. The average molecular weight is 511 g/mol. The first-order valence-corrected chi connectivity index (χ1v) is 9.25. The molecule has 0 spiro atoms. The molecule has 2 N–H and O–H groups in total. The zero-order valence-electron chi connectivity index (χ0n) is 16.2. The van der Waals surface area contributed by atoms with Gasteiger partial charge in [0, 0.05) is 44.0 Å². The lowest BCUT2D eigenvalue weighted by atomic mass is 10.0. The molecule has 2 aromatic carbocycles. The molecule has 1 aliphatic rings. The van der Waals surface area contributed by atoms with Crippen molar-refractivity contribution in [2.75, 3.05) is 25.0 Å². The maximum absolute atomic E-state index is 13.9. The van der Waals surface area contributed by atoms with Crippen molar-refractivity contribution in [2.24, 2.45) is 4.99 Å². The number of hydrogen-bond donors (Lipinski definition) is 2. The molecule has 154 valence electrons. The summed E-state index contributed by atoms with van der Waals surface area (Å²) in [7, 11) is 1.66. The zero-order chi connectivity index (χ0) is 19.9. The fourth-order valence-corrected chi connectivity index (χ4v) is 3.35. The van der Waals surface area contributed by atoms with Crippen LogP contribution in [-0.2, 0) is 6.54 Å². The van der Waals surface area contributed by atoms with Gasteiger partial charge in [0.15, 0.2) is 5.96 Å². The molecule has 0 amide bonds. The van der Waals surface area contributed by atoms with E-state index >= 15 is 0 Å². The number of piperidine rings is 1. The third kappa shape index (κ3) is 6.29. The monoisotopic (exact) mass is 511 g/mol. The normalized spacial score (nSPS) is 16.6. The zero-order valence-corrected chi connectivity index (χ0v) is 18.5. The number of nitrogens with one attached hydrogen (secondary N) is 2. The summed E-state index contributed by atoms with van der Waals surface area (Å²) in [4.78, 5) is 6.36. The number of aliphatic imine (C=N–C) groups is 1. The lowest BCUT2D eigenvalue weighted by Crippen LogP contribution is -2.51. The number of benzene rings is 2. The molecular formula is C21H24F2IN5. The molecule has 1 unspecified atom stereocenters. The molecule has 5 nitrogen and oxygen atoms in total. The Morgan fingerprint density at radius 1 is 1.28 bits per heavy atom. The van der Waals surface area contributed by atoms with Gasteiger partial charge in [-0.05, 0) is 49.2 Å². The maximum Gasteiger partial charge on any atom is 0.191 e. The molecule has 1 fully saturated rings. The highest BCUT2D eigenvalue weighted by Crippen LogP contribution is 2.20. The van der Waals surface area contributed by atoms with E-state index in [9.17, 15) is 8.78 Å². The highest BCUT2D eigenvalue weighted by Gasteiger charge is 2.21. The van der Waals surface area contributed by atoms with Crippen LogP contribution in [0.4, 0.5) is 14.5 Å². The minimum absolute atomic E-state index is 0. The molecule has 0 radical (unpaired) electrons. The summed E-state index contributed by atoms with van der Waals surface area (Å²) in [5.74, 6) is -0.0450. The summed E-state index contributed by atoms with van der Waals surface area (Å²) in [6.07, 6.45) is 1.94. The Morgan fingerprint density at radius 2 is 2.10 bits per heavy atom. The fraction of sp³-hybridized carbons (Fsp3) is 0.333. The van der Waals surface area contributed by atoms with Crippen LogP contribution in [0.2, 0.25) is 0 Å². The third-order valence-corrected chi connectivity index (χ3v) is 4.78. The molecule has 1 aliphatic heterocycles. The van der Waals surface area contributed by atoms with Crippen molar-refractivity contribution in [1.29, 1.82) is 5.26 Å². The topological polar surface area (TPSA) is 63.5 Å². The maximum atomic E-state index is 13.9. The van der Waals surface area contributed by atoms with Crippen molar-refractivity contribution < 1.29 is 8.78 Å². The van der Waals surface area contributed by atoms with Crippen LogP contribution in [0.15, 0.2) is 47.5 Å². The summed E-state index contributed by atoms with van der Waals surface area (Å²) in [6, 6.07) is 13.0. The number of anilines is 1. The second kappa shape index (κ2) is 11.0. The quantitative estimate of drug-likeness (QED) is 0.373. The van der Waals surface area contributed by atoms with Gasteiger partial charge in [-0.15, -0.1) is 24.0 Å². The highest BCUT2D eigenvalue weighted by atomic mass is 127. The van der Waals surface area contributed by atoms with E-state index in [0.29, 0.717) is 17.1 Å². The molecule has 1 atom stereocenters. The largest absolute Gasteiger partial charge is 0.369 e. The van der Waals surface area contributed by atoms with Gasteiger partial charge in [0.1, 0.15) is 11.6 Å². The Hall–Kier alpha value is -2.41. The molecule has 2 aromatic rings. The Balaban J connectivity index is 0.00000300. The van der Waals surface area contributed by atoms with E-state index in [4.69, 9.17) is 5.26 Å². The predicted molar refractivity (Wildman–Crippen MR) is 121 cm³/mol. The first-order valence-electron chi connectivity index (χ1n) is 9.25. The van der Waals surface area contributed by atoms with Crippen molar-refractivity contribution >= 4 is 35.6 Å². The summed E-state index contributed by atoms with van der Waals surface area (Å²) in [6.45, 7) is 1.82. The van der Waals surface area contributed by atoms with Crippen LogP contribution in [0.1, 0.15) is 24.0 Å². The number of hydrogen-bond acceptors (Lipinski definition) is 3. The molecule has 8 heteroatoms. The summed E-state index contributed by atoms with van der Waals surface area (Å²) in [5, 5.41) is 15.4. The van der Waals surface area contributed by atoms with Crippen LogP contribution in [0.25, 0.3) is 0 Å². The lowest BCUT2D eigenvalue weighted by Gasteiger charge is -2.35. The SMILES string of the molecule is CN=C(NCc1cc(C#N)ccc1F)NC1CCCN(c2cccc(F)c2)C1.I. The first-order chi connectivity index (χ1) is 13.6. The summed E-state index contributed by atoms with van der Waals surface area (Å²) < 4.78 is 27.5. The van der Waals surface area contributed by atoms with Crippen LogP contribution in [0.5, 0.6) is 0 Å². The molecule has 3 rings (SSSR count). The highest BCUT2D eigenvalue weighted by molar-refractivity contribution is 14.0. The number of nitrogens with zero attached hydrogens (tertiary/aromatic N) is 3. The van der Waals surface area contributed by atoms with Gasteiger partial charge in [-0.3, -0.25) is 4.99 Å². The second-order valence-corrected chi connectivity index (χ2v) is 6.75. The Kier molecular flexibility index (Phi) is 8.64. The fourth-order valence-electron chi connectivity index (χ4n) is 3.35. The molecule has 0 aromatic heterocycles. The Bertz CT molecular complexity index is 897. The van der Waals surface area contributed by atoms with Crippen molar-refractivity contribution in [3.05, 3.63) is 65.2 Å². The van der Waals surface area contributed by atoms with Crippen LogP contribution in [0.3, 0.4) is 0 Å². The second-order valence-electron chi connectivity index (χ2n) is 6.75. The van der Waals surface area contributed by atoms with E-state index in [1.165, 1.54) is 24.3 Å². The first kappa shape index (κ1) is 22.9. The number of halogens is 3. The van der Waals surface area contributed by atoms with Gasteiger partial charge >= 0.3 is 0 Å². The predicted octanol–water partition coefficient (Wildman–Crippen LogP) is 3.79. The molecule has 29 heavy (non-hydrogen) atoms. The molecule has 0 aliphatic carbocycles. The van der Waals surface area contributed by atoms with E-state index in [1.54, 1.807) is 19.2 Å². The van der Waals surface area contributed by atoms with Crippen LogP contribution in [-0.4, -0.2) is 32.1 Å². The molecule has 1 heterocycles. The van der Waals surface area contributed by atoms with Gasteiger partial charge < -0.3 is 15.5 Å². The number of nitriles is 1. The van der Waals surface area contributed by atoms with Gasteiger partial charge in [0.25, 0.3) is 0 Å².